The maximum atomic E-state index is 8.72. The number of nitriles is 2. The van der Waals surface area contributed by atoms with Crippen molar-refractivity contribution in [2.75, 3.05) is 11.9 Å². The van der Waals surface area contributed by atoms with Crippen molar-refractivity contribution in [3.8, 4) is 12.1 Å². The lowest BCUT2D eigenvalue weighted by Crippen LogP contribution is -2.26. The summed E-state index contributed by atoms with van der Waals surface area (Å²) < 4.78 is 0. The fraction of sp³-hybridized carbons (Fsp3) is 0.273. The molecule has 1 rings (SSSR count). The topological polar surface area (TPSA) is 50.8 Å². The Kier molecular flexibility index (Phi) is 3.09. The highest BCUT2D eigenvalue weighted by Crippen LogP contribution is 2.15. The molecule has 0 heterocycles. The van der Waals surface area contributed by atoms with Gasteiger partial charge in [0.1, 0.15) is 6.04 Å². The van der Waals surface area contributed by atoms with Gasteiger partial charge in [0.2, 0.25) is 0 Å². The molecule has 1 atom stereocenters. The first-order valence-electron chi connectivity index (χ1n) is 4.31. The van der Waals surface area contributed by atoms with E-state index in [1.807, 2.05) is 31.0 Å². The smallest absolute Gasteiger partial charge is 0.113 e. The summed E-state index contributed by atoms with van der Waals surface area (Å²) in [5, 5.41) is 17.3. The number of rotatable bonds is 2. The third-order valence-electron chi connectivity index (χ3n) is 2.17. The van der Waals surface area contributed by atoms with Gasteiger partial charge in [-0.3, -0.25) is 0 Å². The standard InChI is InChI=1S/C11H11N3/c1-9(7-12)14(2)11-5-3-10(8-13)4-6-11/h3-6,9H,1-2H3. The molecule has 0 amide bonds. The van der Waals surface area contributed by atoms with Crippen LogP contribution in [0.4, 0.5) is 5.69 Å². The summed E-state index contributed by atoms with van der Waals surface area (Å²) in [4.78, 5) is 1.86. The van der Waals surface area contributed by atoms with Gasteiger partial charge in [0.15, 0.2) is 0 Å². The summed E-state index contributed by atoms with van der Waals surface area (Å²) in [7, 11) is 1.86. The van der Waals surface area contributed by atoms with Crippen molar-refractivity contribution in [2.24, 2.45) is 0 Å². The van der Waals surface area contributed by atoms with E-state index in [1.54, 1.807) is 12.1 Å². The molecule has 3 nitrogen and oxygen atoms in total. The van der Waals surface area contributed by atoms with Gasteiger partial charge in [0.25, 0.3) is 0 Å². The molecule has 0 aliphatic carbocycles. The third-order valence-corrected chi connectivity index (χ3v) is 2.17. The first-order chi connectivity index (χ1) is 6.69. The normalized spacial score (nSPS) is 11.1. The van der Waals surface area contributed by atoms with Crippen LogP contribution in [-0.4, -0.2) is 13.1 Å². The first kappa shape index (κ1) is 10.1. The Balaban J connectivity index is 2.89. The minimum Gasteiger partial charge on any atom is -0.359 e. The van der Waals surface area contributed by atoms with Crippen molar-refractivity contribution in [2.45, 2.75) is 13.0 Å². The Morgan fingerprint density at radius 2 is 1.79 bits per heavy atom. The molecule has 70 valence electrons. The summed E-state index contributed by atoms with van der Waals surface area (Å²) in [6.45, 7) is 1.83. The van der Waals surface area contributed by atoms with E-state index < -0.39 is 0 Å². The average molecular weight is 185 g/mol. The molecule has 1 unspecified atom stereocenters. The van der Waals surface area contributed by atoms with Crippen LogP contribution in [0.3, 0.4) is 0 Å². The second-order valence-corrected chi connectivity index (χ2v) is 3.07. The second-order valence-electron chi connectivity index (χ2n) is 3.07. The maximum absolute atomic E-state index is 8.72. The molecule has 1 aromatic carbocycles. The Bertz CT molecular complexity index is 380. The minimum absolute atomic E-state index is 0.164. The molecular weight excluding hydrogens is 174 g/mol. The highest BCUT2D eigenvalue weighted by Gasteiger charge is 2.07. The van der Waals surface area contributed by atoms with Gasteiger partial charge < -0.3 is 4.90 Å². The lowest BCUT2D eigenvalue weighted by Gasteiger charge is -2.21. The van der Waals surface area contributed by atoms with Crippen LogP contribution in [0, 0.1) is 22.7 Å². The monoisotopic (exact) mass is 185 g/mol. The lowest BCUT2D eigenvalue weighted by atomic mass is 10.2. The molecule has 1 aromatic rings. The molecule has 0 fully saturated rings. The van der Waals surface area contributed by atoms with Gasteiger partial charge in [0, 0.05) is 12.7 Å². The number of anilines is 1. The van der Waals surface area contributed by atoms with Crippen LogP contribution in [0.25, 0.3) is 0 Å². The fourth-order valence-corrected chi connectivity index (χ4v) is 1.08. The molecule has 0 bridgehead atoms. The van der Waals surface area contributed by atoms with Gasteiger partial charge >= 0.3 is 0 Å². The molecule has 0 aromatic heterocycles. The minimum atomic E-state index is -0.164. The van der Waals surface area contributed by atoms with E-state index in [9.17, 15) is 0 Å². The Labute approximate surface area is 83.8 Å². The summed E-state index contributed by atoms with van der Waals surface area (Å²) in [6.07, 6.45) is 0. The molecule has 0 spiro atoms. The van der Waals surface area contributed by atoms with Crippen molar-refractivity contribution in [3.05, 3.63) is 29.8 Å². The van der Waals surface area contributed by atoms with E-state index in [1.165, 1.54) is 0 Å². The Morgan fingerprint density at radius 3 is 2.21 bits per heavy atom. The summed E-state index contributed by atoms with van der Waals surface area (Å²) in [6, 6.07) is 11.2. The quantitative estimate of drug-likeness (QED) is 0.707. The van der Waals surface area contributed by atoms with Gasteiger partial charge in [-0.05, 0) is 31.2 Å². The van der Waals surface area contributed by atoms with E-state index in [4.69, 9.17) is 10.5 Å². The maximum Gasteiger partial charge on any atom is 0.113 e. The molecular formula is C11H11N3. The molecule has 3 heteroatoms. The van der Waals surface area contributed by atoms with E-state index in [-0.39, 0.29) is 6.04 Å². The number of benzene rings is 1. The van der Waals surface area contributed by atoms with Gasteiger partial charge in [-0.1, -0.05) is 0 Å². The molecule has 0 saturated heterocycles. The van der Waals surface area contributed by atoms with Crippen LogP contribution in [0.5, 0.6) is 0 Å². The highest BCUT2D eigenvalue weighted by atomic mass is 15.1. The van der Waals surface area contributed by atoms with Gasteiger partial charge in [-0.2, -0.15) is 10.5 Å². The van der Waals surface area contributed by atoms with Crippen LogP contribution < -0.4 is 4.90 Å². The Hall–Kier alpha value is -2.00. The number of hydrogen-bond donors (Lipinski definition) is 0. The van der Waals surface area contributed by atoms with Crippen molar-refractivity contribution in [1.82, 2.24) is 0 Å². The van der Waals surface area contributed by atoms with E-state index in [0.717, 1.165) is 5.69 Å². The second kappa shape index (κ2) is 4.30. The molecule has 14 heavy (non-hydrogen) atoms. The van der Waals surface area contributed by atoms with E-state index in [0.29, 0.717) is 5.56 Å². The molecule has 0 radical (unpaired) electrons. The average Bonchev–Trinajstić information content (AvgIpc) is 2.27. The SMILES string of the molecule is CC(C#N)N(C)c1ccc(C#N)cc1. The van der Waals surface area contributed by atoms with Crippen molar-refractivity contribution in [1.29, 1.82) is 10.5 Å². The van der Waals surface area contributed by atoms with Crippen LogP contribution >= 0.6 is 0 Å². The molecule has 0 N–H and O–H groups in total. The molecule has 0 aliphatic heterocycles. The zero-order valence-corrected chi connectivity index (χ0v) is 8.23. The van der Waals surface area contributed by atoms with E-state index >= 15 is 0 Å². The zero-order chi connectivity index (χ0) is 10.6. The van der Waals surface area contributed by atoms with Crippen molar-refractivity contribution < 1.29 is 0 Å². The van der Waals surface area contributed by atoms with Gasteiger partial charge in [-0.25, -0.2) is 0 Å². The van der Waals surface area contributed by atoms with Crippen LogP contribution in [0.1, 0.15) is 12.5 Å². The predicted molar refractivity (Wildman–Crippen MR) is 54.6 cm³/mol. The summed E-state index contributed by atoms with van der Waals surface area (Å²) in [5.41, 5.74) is 1.57. The summed E-state index contributed by atoms with van der Waals surface area (Å²) in [5.74, 6) is 0. The fourth-order valence-electron chi connectivity index (χ4n) is 1.08. The largest absolute Gasteiger partial charge is 0.359 e. The van der Waals surface area contributed by atoms with Crippen molar-refractivity contribution >= 4 is 5.69 Å². The summed E-state index contributed by atoms with van der Waals surface area (Å²) >= 11 is 0. The molecule has 0 saturated carbocycles. The number of nitrogens with zero attached hydrogens (tertiary/aromatic N) is 3. The van der Waals surface area contributed by atoms with Crippen LogP contribution in [-0.2, 0) is 0 Å². The van der Waals surface area contributed by atoms with Crippen LogP contribution in [0.2, 0.25) is 0 Å². The zero-order valence-electron chi connectivity index (χ0n) is 8.23. The highest BCUT2D eigenvalue weighted by molar-refractivity contribution is 5.50. The van der Waals surface area contributed by atoms with Crippen LogP contribution in [0.15, 0.2) is 24.3 Å². The first-order valence-corrected chi connectivity index (χ1v) is 4.31. The van der Waals surface area contributed by atoms with Crippen molar-refractivity contribution in [3.63, 3.8) is 0 Å². The molecule has 0 aliphatic rings. The lowest BCUT2D eigenvalue weighted by molar-refractivity contribution is 0.835. The third kappa shape index (κ3) is 2.02. The number of hydrogen-bond acceptors (Lipinski definition) is 3. The van der Waals surface area contributed by atoms with Gasteiger partial charge in [0.05, 0.1) is 17.7 Å². The van der Waals surface area contributed by atoms with E-state index in [2.05, 4.69) is 12.1 Å². The predicted octanol–water partition coefficient (Wildman–Crippen LogP) is 1.91. The van der Waals surface area contributed by atoms with Gasteiger partial charge in [-0.15, -0.1) is 0 Å². The Morgan fingerprint density at radius 1 is 1.21 bits per heavy atom.